The number of carbonyl (C=O) groups is 1. The van der Waals surface area contributed by atoms with Crippen molar-refractivity contribution in [3.63, 3.8) is 0 Å². The molecule has 1 aromatic heterocycles. The Kier molecular flexibility index (Phi) is 5.65. The van der Waals surface area contributed by atoms with E-state index in [0.29, 0.717) is 20.8 Å². The Morgan fingerprint density at radius 1 is 1.32 bits per heavy atom. The van der Waals surface area contributed by atoms with Crippen molar-refractivity contribution in [2.75, 3.05) is 7.11 Å². The lowest BCUT2D eigenvalue weighted by Gasteiger charge is -2.02. The van der Waals surface area contributed by atoms with E-state index in [2.05, 4.69) is 10.9 Å². The lowest BCUT2D eigenvalue weighted by molar-refractivity contribution is -0.117. The highest BCUT2D eigenvalue weighted by atomic mass is 32.2. The molecule has 1 amide bonds. The van der Waals surface area contributed by atoms with Gasteiger partial charge in [0.05, 0.1) is 35.2 Å². The van der Waals surface area contributed by atoms with Crippen LogP contribution in [0.15, 0.2) is 52.4 Å². The highest BCUT2D eigenvalue weighted by Gasteiger charge is 2.13. The van der Waals surface area contributed by atoms with Gasteiger partial charge in [-0.25, -0.2) is 13.6 Å². The minimum atomic E-state index is -3.83. The van der Waals surface area contributed by atoms with Gasteiger partial charge in [-0.15, -0.1) is 6.42 Å². The third-order valence-corrected chi connectivity index (χ3v) is 5.89. The molecular formula is C19H17N3O4S2. The molecule has 144 valence electrons. The predicted molar refractivity (Wildman–Crippen MR) is 107 cm³/mol. The van der Waals surface area contributed by atoms with Gasteiger partial charge in [0.2, 0.25) is 10.0 Å². The highest BCUT2D eigenvalue weighted by molar-refractivity contribution is 7.89. The number of nitrogens with zero attached hydrogens (tertiary/aromatic N) is 2. The van der Waals surface area contributed by atoms with Crippen LogP contribution in [-0.4, -0.2) is 26.0 Å². The fourth-order valence-electron chi connectivity index (χ4n) is 2.66. The summed E-state index contributed by atoms with van der Waals surface area (Å²) in [5.41, 5.74) is 1.46. The van der Waals surface area contributed by atoms with Crippen LogP contribution in [0.25, 0.3) is 10.2 Å². The van der Waals surface area contributed by atoms with E-state index < -0.39 is 10.0 Å². The van der Waals surface area contributed by atoms with E-state index in [-0.39, 0.29) is 23.8 Å². The molecule has 0 saturated heterocycles. The Labute approximate surface area is 166 Å². The van der Waals surface area contributed by atoms with Gasteiger partial charge in [-0.1, -0.05) is 29.4 Å². The van der Waals surface area contributed by atoms with Gasteiger partial charge in [0.15, 0.2) is 4.80 Å². The second-order valence-electron chi connectivity index (χ2n) is 5.88. The monoisotopic (exact) mass is 415 g/mol. The van der Waals surface area contributed by atoms with Gasteiger partial charge in [0.1, 0.15) is 5.75 Å². The maximum Gasteiger partial charge on any atom is 0.252 e. The first kappa shape index (κ1) is 19.8. The summed E-state index contributed by atoms with van der Waals surface area (Å²) < 4.78 is 30.6. The van der Waals surface area contributed by atoms with Crippen LogP contribution in [0.1, 0.15) is 5.56 Å². The standard InChI is InChI=1S/C19H17N3O4S2/c1-3-9-22-16-8-7-15(28(20,24)25)12-17(16)27-19(22)21-18(23)11-13-5-4-6-14(10-13)26-2/h1,4-8,10,12H,9,11H2,2H3,(H2,20,24,25). The molecule has 0 bridgehead atoms. The van der Waals surface area contributed by atoms with Crippen molar-refractivity contribution < 1.29 is 17.9 Å². The van der Waals surface area contributed by atoms with Crippen LogP contribution < -0.4 is 14.7 Å². The zero-order valence-electron chi connectivity index (χ0n) is 15.0. The number of methoxy groups -OCH3 is 1. The average molecular weight is 415 g/mol. The van der Waals surface area contributed by atoms with Crippen molar-refractivity contribution in [3.05, 3.63) is 52.8 Å². The molecule has 1 heterocycles. The van der Waals surface area contributed by atoms with Crippen molar-refractivity contribution in [1.29, 1.82) is 0 Å². The number of thiazole rings is 1. The Bertz CT molecular complexity index is 1260. The van der Waals surface area contributed by atoms with Crippen LogP contribution in [0.2, 0.25) is 0 Å². The number of aromatic nitrogens is 1. The van der Waals surface area contributed by atoms with Crippen LogP contribution in [0.4, 0.5) is 0 Å². The lowest BCUT2D eigenvalue weighted by Crippen LogP contribution is -2.17. The molecule has 0 fully saturated rings. The second kappa shape index (κ2) is 7.98. The minimum Gasteiger partial charge on any atom is -0.497 e. The average Bonchev–Trinajstić information content (AvgIpc) is 2.98. The predicted octanol–water partition coefficient (Wildman–Crippen LogP) is 1.66. The van der Waals surface area contributed by atoms with Crippen LogP contribution in [0.5, 0.6) is 5.75 Å². The van der Waals surface area contributed by atoms with E-state index in [4.69, 9.17) is 16.3 Å². The first-order chi connectivity index (χ1) is 13.3. The summed E-state index contributed by atoms with van der Waals surface area (Å²) >= 11 is 1.18. The summed E-state index contributed by atoms with van der Waals surface area (Å²) in [6, 6.07) is 11.6. The van der Waals surface area contributed by atoms with Crippen molar-refractivity contribution in [2.24, 2.45) is 10.1 Å². The molecule has 0 aliphatic rings. The summed E-state index contributed by atoms with van der Waals surface area (Å²) in [5.74, 6) is 2.83. The van der Waals surface area contributed by atoms with Gasteiger partial charge in [-0.05, 0) is 35.9 Å². The van der Waals surface area contributed by atoms with Crippen molar-refractivity contribution in [3.8, 4) is 18.1 Å². The number of terminal acetylenes is 1. The number of benzene rings is 2. The van der Waals surface area contributed by atoms with Gasteiger partial charge in [-0.3, -0.25) is 4.79 Å². The van der Waals surface area contributed by atoms with Gasteiger partial charge >= 0.3 is 0 Å². The summed E-state index contributed by atoms with van der Waals surface area (Å²) in [6.45, 7) is 0.194. The molecule has 2 N–H and O–H groups in total. The SMILES string of the molecule is C#CCn1c(=NC(=O)Cc2cccc(OC)c2)sc2cc(S(N)(=O)=O)ccc21. The molecular weight excluding hydrogens is 398 g/mol. The van der Waals surface area contributed by atoms with Gasteiger partial charge in [-0.2, -0.15) is 4.99 Å². The van der Waals surface area contributed by atoms with Gasteiger partial charge in [0, 0.05) is 0 Å². The molecule has 7 nitrogen and oxygen atoms in total. The number of amides is 1. The number of primary sulfonamides is 1. The molecule has 2 aromatic carbocycles. The van der Waals surface area contributed by atoms with Crippen molar-refractivity contribution >= 4 is 37.5 Å². The first-order valence-electron chi connectivity index (χ1n) is 8.12. The number of nitrogens with two attached hydrogens (primary N) is 1. The van der Waals surface area contributed by atoms with E-state index in [0.717, 1.165) is 5.56 Å². The zero-order chi connectivity index (χ0) is 20.3. The van der Waals surface area contributed by atoms with Crippen molar-refractivity contribution in [2.45, 2.75) is 17.9 Å². The molecule has 0 aliphatic carbocycles. The quantitative estimate of drug-likeness (QED) is 0.640. The van der Waals surface area contributed by atoms with E-state index in [1.54, 1.807) is 35.9 Å². The number of hydrogen-bond acceptors (Lipinski definition) is 5. The van der Waals surface area contributed by atoms with E-state index in [1.807, 2.05) is 6.07 Å². The number of ether oxygens (including phenoxy) is 1. The smallest absolute Gasteiger partial charge is 0.252 e. The minimum absolute atomic E-state index is 0.0108. The van der Waals surface area contributed by atoms with Crippen LogP contribution in [-0.2, 0) is 27.8 Å². The first-order valence-corrected chi connectivity index (χ1v) is 10.5. The molecule has 0 unspecified atom stereocenters. The fourth-order valence-corrected chi connectivity index (χ4v) is 4.36. The lowest BCUT2D eigenvalue weighted by atomic mass is 10.1. The van der Waals surface area contributed by atoms with Crippen molar-refractivity contribution in [1.82, 2.24) is 4.57 Å². The van der Waals surface area contributed by atoms with Crippen LogP contribution >= 0.6 is 11.3 Å². The molecule has 0 spiro atoms. The fraction of sp³-hybridized carbons (Fsp3) is 0.158. The van der Waals surface area contributed by atoms with Gasteiger partial charge < -0.3 is 9.30 Å². The van der Waals surface area contributed by atoms with Gasteiger partial charge in [0.25, 0.3) is 5.91 Å². The van der Waals surface area contributed by atoms with E-state index in [1.165, 1.54) is 23.5 Å². The van der Waals surface area contributed by atoms with E-state index in [9.17, 15) is 13.2 Å². The highest BCUT2D eigenvalue weighted by Crippen LogP contribution is 2.21. The third-order valence-electron chi connectivity index (χ3n) is 3.94. The van der Waals surface area contributed by atoms with E-state index >= 15 is 0 Å². The number of carbonyl (C=O) groups excluding carboxylic acids is 1. The normalized spacial score (nSPS) is 12.1. The number of rotatable bonds is 5. The maximum absolute atomic E-state index is 12.5. The Balaban J connectivity index is 2.03. The largest absolute Gasteiger partial charge is 0.497 e. The van der Waals surface area contributed by atoms with Crippen LogP contribution in [0, 0.1) is 12.3 Å². The molecule has 3 rings (SSSR count). The Morgan fingerprint density at radius 3 is 2.79 bits per heavy atom. The molecule has 0 atom stereocenters. The summed E-state index contributed by atoms with van der Waals surface area (Å²) in [4.78, 5) is 17.0. The van der Waals surface area contributed by atoms with Crippen LogP contribution in [0.3, 0.4) is 0 Å². The second-order valence-corrected chi connectivity index (χ2v) is 8.45. The summed E-state index contributed by atoms with van der Waals surface area (Å²) in [7, 11) is -2.28. The molecule has 0 saturated carbocycles. The Morgan fingerprint density at radius 2 is 2.11 bits per heavy atom. The summed E-state index contributed by atoms with van der Waals surface area (Å²) in [6.07, 6.45) is 5.54. The molecule has 0 radical (unpaired) electrons. The zero-order valence-corrected chi connectivity index (χ0v) is 16.6. The molecule has 3 aromatic rings. The Hall–Kier alpha value is -2.93. The number of fused-ring (bicyclic) bond motifs is 1. The topological polar surface area (TPSA) is 104 Å². The molecule has 0 aliphatic heterocycles. The number of hydrogen-bond donors (Lipinski definition) is 1. The molecule has 28 heavy (non-hydrogen) atoms. The summed E-state index contributed by atoms with van der Waals surface area (Å²) in [5, 5.41) is 5.19. The maximum atomic E-state index is 12.5. The third kappa shape index (κ3) is 4.31. The molecule has 9 heteroatoms. The number of sulfonamides is 1.